The average Bonchev–Trinajstić information content (AvgIpc) is 3.14. The van der Waals surface area contributed by atoms with E-state index in [1.165, 1.54) is 0 Å². The second-order valence-electron chi connectivity index (χ2n) is 6.68. The van der Waals surface area contributed by atoms with Crippen molar-refractivity contribution in [3.8, 4) is 11.4 Å². The molecule has 1 aliphatic heterocycles. The first-order chi connectivity index (χ1) is 13.1. The van der Waals surface area contributed by atoms with E-state index in [-0.39, 0.29) is 12.5 Å². The molecule has 0 bridgehead atoms. The topological polar surface area (TPSA) is 69.0 Å². The van der Waals surface area contributed by atoms with E-state index in [1.54, 1.807) is 6.07 Å². The summed E-state index contributed by atoms with van der Waals surface area (Å²) in [6.07, 6.45) is 0. The van der Waals surface area contributed by atoms with Crippen molar-refractivity contribution in [1.82, 2.24) is 20.1 Å². The van der Waals surface area contributed by atoms with Crippen LogP contribution < -0.4 is 5.32 Å². The Kier molecular flexibility index (Phi) is 4.68. The zero-order valence-electron chi connectivity index (χ0n) is 14.9. The van der Waals surface area contributed by atoms with E-state index in [1.807, 2.05) is 60.0 Å². The van der Waals surface area contributed by atoms with Gasteiger partial charge in [-0.1, -0.05) is 60.1 Å². The van der Waals surface area contributed by atoms with Crippen molar-refractivity contribution >= 4 is 17.5 Å². The van der Waals surface area contributed by atoms with Crippen molar-refractivity contribution in [3.63, 3.8) is 0 Å². The maximum absolute atomic E-state index is 13.1. The maximum atomic E-state index is 13.1. The van der Waals surface area contributed by atoms with Crippen molar-refractivity contribution in [2.24, 2.45) is 0 Å². The fourth-order valence-corrected chi connectivity index (χ4v) is 3.49. The molecule has 1 N–H and O–H groups in total. The second-order valence-corrected chi connectivity index (χ2v) is 7.09. The van der Waals surface area contributed by atoms with Crippen molar-refractivity contribution in [1.29, 1.82) is 0 Å². The zero-order chi connectivity index (χ0) is 18.9. The lowest BCUT2D eigenvalue weighted by atomic mass is 9.99. The number of carbonyl (C=O) groups excluding carboxylic acids is 1. The molecule has 1 atom stereocenters. The van der Waals surface area contributed by atoms with Crippen LogP contribution in [0.5, 0.6) is 0 Å². The summed E-state index contributed by atoms with van der Waals surface area (Å²) < 4.78 is 7.53. The summed E-state index contributed by atoms with van der Waals surface area (Å²) in [5, 5.41) is 12.1. The molecule has 1 aromatic heterocycles. The molecule has 1 unspecified atom stereocenters. The molecule has 0 aliphatic carbocycles. The molecule has 0 radical (unpaired) electrons. The van der Waals surface area contributed by atoms with Gasteiger partial charge in [0.1, 0.15) is 12.1 Å². The lowest BCUT2D eigenvalue weighted by Gasteiger charge is -2.35. The number of amides is 1. The third-order valence-electron chi connectivity index (χ3n) is 4.76. The average molecular weight is 383 g/mol. The van der Waals surface area contributed by atoms with Gasteiger partial charge < -0.3 is 10.1 Å². The quantitative estimate of drug-likeness (QED) is 0.752. The van der Waals surface area contributed by atoms with Crippen molar-refractivity contribution in [3.05, 3.63) is 71.0 Å². The van der Waals surface area contributed by atoms with E-state index >= 15 is 0 Å². The lowest BCUT2D eigenvalue weighted by Crippen LogP contribution is -2.52. The third-order valence-corrected chi connectivity index (χ3v) is 5.12. The molecule has 0 spiro atoms. The molecule has 1 aliphatic rings. The molecular weight excluding hydrogens is 364 g/mol. The highest BCUT2D eigenvalue weighted by Gasteiger charge is 2.42. The van der Waals surface area contributed by atoms with E-state index in [0.717, 1.165) is 11.1 Å². The van der Waals surface area contributed by atoms with Crippen LogP contribution >= 0.6 is 11.6 Å². The summed E-state index contributed by atoms with van der Waals surface area (Å²) in [6.45, 7) is 2.75. The van der Waals surface area contributed by atoms with Crippen LogP contribution in [0.3, 0.4) is 0 Å². The van der Waals surface area contributed by atoms with Crippen LogP contribution in [-0.2, 0) is 28.2 Å². The molecule has 6 nitrogen and oxygen atoms in total. The van der Waals surface area contributed by atoms with E-state index in [9.17, 15) is 4.79 Å². The predicted molar refractivity (Wildman–Crippen MR) is 102 cm³/mol. The number of carbonyl (C=O) groups is 1. The minimum absolute atomic E-state index is 0.166. The van der Waals surface area contributed by atoms with Gasteiger partial charge >= 0.3 is 0 Å². The van der Waals surface area contributed by atoms with Crippen molar-refractivity contribution in [2.75, 3.05) is 6.61 Å². The predicted octanol–water partition coefficient (Wildman–Crippen LogP) is 3.16. The summed E-state index contributed by atoms with van der Waals surface area (Å²) in [4.78, 5) is 13.1. The minimum atomic E-state index is -0.955. The largest absolute Gasteiger partial charge is 0.370 e. The number of aromatic nitrogens is 3. The molecular formula is C20H19ClN4O2. The van der Waals surface area contributed by atoms with Crippen LogP contribution in [0.4, 0.5) is 0 Å². The van der Waals surface area contributed by atoms with Crippen LogP contribution in [0.2, 0.25) is 5.02 Å². The molecule has 1 amide bonds. The number of halogens is 1. The van der Waals surface area contributed by atoms with Crippen molar-refractivity contribution in [2.45, 2.75) is 25.6 Å². The van der Waals surface area contributed by atoms with Crippen LogP contribution in [0.1, 0.15) is 18.3 Å². The van der Waals surface area contributed by atoms with E-state index < -0.39 is 5.54 Å². The first-order valence-electron chi connectivity index (χ1n) is 8.69. The van der Waals surface area contributed by atoms with Gasteiger partial charge in [0.2, 0.25) is 5.91 Å². The molecule has 4 rings (SSSR count). The number of hydrogen-bond donors (Lipinski definition) is 1. The number of ether oxygens (including phenoxy) is 1. The number of hydrogen-bond acceptors (Lipinski definition) is 4. The van der Waals surface area contributed by atoms with E-state index in [0.29, 0.717) is 29.8 Å². The Morgan fingerprint density at radius 2 is 1.93 bits per heavy atom. The Bertz CT molecular complexity index is 973. The summed E-state index contributed by atoms with van der Waals surface area (Å²) in [7, 11) is 0. The highest BCUT2D eigenvalue weighted by molar-refractivity contribution is 6.31. The second kappa shape index (κ2) is 7.13. The van der Waals surface area contributed by atoms with Gasteiger partial charge in [0.25, 0.3) is 0 Å². The van der Waals surface area contributed by atoms with Gasteiger partial charge in [-0.2, -0.15) is 0 Å². The zero-order valence-corrected chi connectivity index (χ0v) is 15.6. The van der Waals surface area contributed by atoms with Gasteiger partial charge in [-0.25, -0.2) is 0 Å². The molecule has 7 heteroatoms. The van der Waals surface area contributed by atoms with Crippen LogP contribution in [-0.4, -0.2) is 27.3 Å². The summed E-state index contributed by atoms with van der Waals surface area (Å²) in [5.74, 6) is 1.13. The van der Waals surface area contributed by atoms with Crippen molar-refractivity contribution < 1.29 is 9.53 Å². The van der Waals surface area contributed by atoms with Crippen LogP contribution in [0, 0.1) is 0 Å². The van der Waals surface area contributed by atoms with Gasteiger partial charge in [-0.15, -0.1) is 10.2 Å². The molecule has 27 heavy (non-hydrogen) atoms. The maximum Gasteiger partial charge on any atom is 0.248 e. The molecule has 0 fully saturated rings. The fourth-order valence-electron chi connectivity index (χ4n) is 3.28. The Balaban J connectivity index is 1.65. The summed E-state index contributed by atoms with van der Waals surface area (Å²) in [6, 6.07) is 17.2. The molecule has 2 heterocycles. The normalized spacial score (nSPS) is 18.7. The molecule has 138 valence electrons. The number of nitrogens with zero attached hydrogens (tertiary/aromatic N) is 3. The van der Waals surface area contributed by atoms with Gasteiger partial charge in [0.05, 0.1) is 6.61 Å². The molecule has 3 aromatic rings. The Labute approximate surface area is 162 Å². The summed E-state index contributed by atoms with van der Waals surface area (Å²) >= 11 is 6.20. The summed E-state index contributed by atoms with van der Waals surface area (Å²) in [5.41, 5.74) is 0.812. The Morgan fingerprint density at radius 1 is 1.19 bits per heavy atom. The van der Waals surface area contributed by atoms with Gasteiger partial charge in [0.15, 0.2) is 11.6 Å². The third kappa shape index (κ3) is 3.22. The van der Waals surface area contributed by atoms with Gasteiger partial charge in [-0.05, 0) is 18.6 Å². The molecule has 0 saturated carbocycles. The number of rotatable bonds is 4. The first kappa shape index (κ1) is 17.7. The minimum Gasteiger partial charge on any atom is -0.370 e. The van der Waals surface area contributed by atoms with Crippen LogP contribution in [0.15, 0.2) is 54.6 Å². The van der Waals surface area contributed by atoms with E-state index in [2.05, 4.69) is 15.5 Å². The number of benzene rings is 2. The van der Waals surface area contributed by atoms with Crippen LogP contribution in [0.25, 0.3) is 11.4 Å². The number of nitrogens with one attached hydrogen (secondary N) is 1. The fraction of sp³-hybridized carbons (Fsp3) is 0.250. The SMILES string of the molecule is CC1(C(=O)NCc2ccccc2Cl)COCc2nnc(-c3ccccc3)n21. The highest BCUT2D eigenvalue weighted by Crippen LogP contribution is 2.31. The Hall–Kier alpha value is -2.70. The lowest BCUT2D eigenvalue weighted by molar-refractivity contribution is -0.135. The first-order valence-corrected chi connectivity index (χ1v) is 9.07. The van der Waals surface area contributed by atoms with Gasteiger partial charge in [0, 0.05) is 17.1 Å². The molecule has 0 saturated heterocycles. The van der Waals surface area contributed by atoms with Gasteiger partial charge in [-0.3, -0.25) is 9.36 Å². The molecule has 2 aromatic carbocycles. The Morgan fingerprint density at radius 3 is 2.70 bits per heavy atom. The standard InChI is InChI=1S/C20H19ClN4O2/c1-20(19(26)22-11-15-9-5-6-10-16(15)21)13-27-12-17-23-24-18(25(17)20)14-7-3-2-4-8-14/h2-10H,11-13H2,1H3,(H,22,26). The smallest absolute Gasteiger partial charge is 0.248 e. The van der Waals surface area contributed by atoms with E-state index in [4.69, 9.17) is 16.3 Å². The monoisotopic (exact) mass is 382 g/mol. The number of fused-ring (bicyclic) bond motifs is 1. The highest BCUT2D eigenvalue weighted by atomic mass is 35.5.